The van der Waals surface area contributed by atoms with Crippen LogP contribution in [0.4, 0.5) is 5.69 Å². The molecule has 0 spiro atoms. The van der Waals surface area contributed by atoms with Gasteiger partial charge in [-0.05, 0) is 48.5 Å². The number of thioether (sulfide) groups is 1. The van der Waals surface area contributed by atoms with Crippen molar-refractivity contribution < 1.29 is 5.11 Å². The summed E-state index contributed by atoms with van der Waals surface area (Å²) in [6.45, 7) is 0.502. The van der Waals surface area contributed by atoms with Crippen molar-refractivity contribution in [2.24, 2.45) is 0 Å². The van der Waals surface area contributed by atoms with Crippen molar-refractivity contribution in [1.29, 1.82) is 0 Å². The molecule has 20 heavy (non-hydrogen) atoms. The van der Waals surface area contributed by atoms with Crippen LogP contribution in [0.25, 0.3) is 0 Å². The summed E-state index contributed by atoms with van der Waals surface area (Å²) >= 11 is 13.2. The van der Waals surface area contributed by atoms with Gasteiger partial charge in [-0.3, -0.25) is 0 Å². The van der Waals surface area contributed by atoms with Gasteiger partial charge < -0.3 is 10.4 Å². The maximum absolute atomic E-state index is 9.95. The number of hydrogen-bond donors (Lipinski definition) is 2. The molecule has 0 saturated carbocycles. The Hall–Kier alpha value is -0.870. The van der Waals surface area contributed by atoms with Crippen LogP contribution in [0.1, 0.15) is 0 Å². The van der Waals surface area contributed by atoms with Gasteiger partial charge in [0.15, 0.2) is 0 Å². The third-order valence-corrected chi connectivity index (χ3v) is 4.30. The minimum absolute atomic E-state index is 0.425. The topological polar surface area (TPSA) is 32.3 Å². The molecule has 2 aromatic rings. The van der Waals surface area contributed by atoms with Gasteiger partial charge in [0.05, 0.1) is 6.10 Å². The standard InChI is InChI=1S/C15H15Cl2NOS/c16-11-1-5-13(6-2-11)18-9-14(19)10-20-15-7-3-12(17)4-8-15/h1-8,14,18-19H,9-10H2/t14-/m1/s1. The van der Waals surface area contributed by atoms with Gasteiger partial charge in [-0.25, -0.2) is 0 Å². The third-order valence-electron chi connectivity index (χ3n) is 2.64. The van der Waals surface area contributed by atoms with Gasteiger partial charge in [0.2, 0.25) is 0 Å². The third kappa shape index (κ3) is 5.25. The van der Waals surface area contributed by atoms with E-state index >= 15 is 0 Å². The number of rotatable bonds is 6. The van der Waals surface area contributed by atoms with Crippen molar-refractivity contribution in [2.75, 3.05) is 17.6 Å². The van der Waals surface area contributed by atoms with Crippen molar-refractivity contribution in [3.05, 3.63) is 58.6 Å². The zero-order valence-electron chi connectivity index (χ0n) is 10.7. The fourth-order valence-corrected chi connectivity index (χ4v) is 2.67. The molecule has 0 saturated heterocycles. The molecule has 0 heterocycles. The van der Waals surface area contributed by atoms with Gasteiger partial charge in [-0.1, -0.05) is 23.2 Å². The lowest BCUT2D eigenvalue weighted by molar-refractivity contribution is 0.213. The second-order valence-corrected chi connectivity index (χ2v) is 6.27. The van der Waals surface area contributed by atoms with Crippen molar-refractivity contribution >= 4 is 40.7 Å². The predicted molar refractivity (Wildman–Crippen MR) is 88.1 cm³/mol. The Morgan fingerprint density at radius 1 is 0.950 bits per heavy atom. The summed E-state index contributed by atoms with van der Waals surface area (Å²) in [4.78, 5) is 1.10. The fourth-order valence-electron chi connectivity index (χ4n) is 1.59. The number of anilines is 1. The van der Waals surface area contributed by atoms with E-state index in [9.17, 15) is 5.11 Å². The number of nitrogens with one attached hydrogen (secondary N) is 1. The van der Waals surface area contributed by atoms with Gasteiger partial charge in [0.25, 0.3) is 0 Å². The lowest BCUT2D eigenvalue weighted by atomic mass is 10.3. The average molecular weight is 328 g/mol. The Morgan fingerprint density at radius 3 is 2.10 bits per heavy atom. The summed E-state index contributed by atoms with van der Waals surface area (Å²) in [6.07, 6.45) is -0.425. The summed E-state index contributed by atoms with van der Waals surface area (Å²) in [5.41, 5.74) is 0.949. The molecule has 0 amide bonds. The molecule has 0 aromatic heterocycles. The summed E-state index contributed by atoms with van der Waals surface area (Å²) < 4.78 is 0. The van der Waals surface area contributed by atoms with Crippen LogP contribution in [-0.4, -0.2) is 23.5 Å². The molecule has 0 unspecified atom stereocenters. The smallest absolute Gasteiger partial charge is 0.0806 e. The number of hydrogen-bond acceptors (Lipinski definition) is 3. The Balaban J connectivity index is 1.73. The van der Waals surface area contributed by atoms with Gasteiger partial charge in [0.1, 0.15) is 0 Å². The van der Waals surface area contributed by atoms with E-state index in [0.29, 0.717) is 17.3 Å². The summed E-state index contributed by atoms with van der Waals surface area (Å²) in [7, 11) is 0. The van der Waals surface area contributed by atoms with E-state index in [2.05, 4.69) is 5.32 Å². The molecular weight excluding hydrogens is 313 g/mol. The largest absolute Gasteiger partial charge is 0.390 e. The van der Waals surface area contributed by atoms with E-state index in [1.165, 1.54) is 0 Å². The summed E-state index contributed by atoms with van der Waals surface area (Å²) in [5.74, 6) is 0.627. The fraction of sp³-hybridized carbons (Fsp3) is 0.200. The summed E-state index contributed by atoms with van der Waals surface area (Å²) in [5, 5.41) is 14.5. The Bertz CT molecular complexity index is 481. The maximum atomic E-state index is 9.95. The first-order valence-corrected chi connectivity index (χ1v) is 7.93. The first-order valence-electron chi connectivity index (χ1n) is 6.19. The molecular formula is C15H15Cl2NOS. The van der Waals surface area contributed by atoms with Crippen molar-refractivity contribution in [2.45, 2.75) is 11.0 Å². The van der Waals surface area contributed by atoms with Crippen LogP contribution in [0.5, 0.6) is 0 Å². The highest BCUT2D eigenvalue weighted by Crippen LogP contribution is 2.21. The second kappa shape index (κ2) is 7.79. The van der Waals surface area contributed by atoms with E-state index in [0.717, 1.165) is 15.6 Å². The quantitative estimate of drug-likeness (QED) is 0.763. The molecule has 0 aliphatic heterocycles. The molecule has 106 valence electrons. The SMILES string of the molecule is O[C@H](CNc1ccc(Cl)cc1)CSc1ccc(Cl)cc1. The molecule has 2 rings (SSSR count). The molecule has 2 N–H and O–H groups in total. The van der Waals surface area contributed by atoms with Crippen LogP contribution in [0.15, 0.2) is 53.4 Å². The number of aliphatic hydroxyl groups is 1. The second-order valence-electron chi connectivity index (χ2n) is 4.31. The molecule has 2 aromatic carbocycles. The highest BCUT2D eigenvalue weighted by molar-refractivity contribution is 7.99. The van der Waals surface area contributed by atoms with Crippen molar-refractivity contribution in [3.63, 3.8) is 0 Å². The van der Waals surface area contributed by atoms with Gasteiger partial charge in [-0.2, -0.15) is 0 Å². The van der Waals surface area contributed by atoms with E-state index in [-0.39, 0.29) is 0 Å². The monoisotopic (exact) mass is 327 g/mol. The van der Waals surface area contributed by atoms with Crippen LogP contribution >= 0.6 is 35.0 Å². The first kappa shape index (κ1) is 15.5. The van der Waals surface area contributed by atoms with Crippen molar-refractivity contribution in [1.82, 2.24) is 0 Å². The first-order chi connectivity index (χ1) is 9.63. The van der Waals surface area contributed by atoms with Crippen LogP contribution < -0.4 is 5.32 Å². The Labute approximate surface area is 133 Å². The maximum Gasteiger partial charge on any atom is 0.0806 e. The highest BCUT2D eigenvalue weighted by Gasteiger charge is 2.05. The van der Waals surface area contributed by atoms with Gasteiger partial charge >= 0.3 is 0 Å². The zero-order valence-corrected chi connectivity index (χ0v) is 13.1. The molecule has 2 nitrogen and oxygen atoms in total. The van der Waals surface area contributed by atoms with Crippen LogP contribution in [0.2, 0.25) is 10.0 Å². The van der Waals surface area contributed by atoms with Crippen LogP contribution in [0.3, 0.4) is 0 Å². The van der Waals surface area contributed by atoms with E-state index < -0.39 is 6.10 Å². The van der Waals surface area contributed by atoms with E-state index in [1.54, 1.807) is 11.8 Å². The number of benzene rings is 2. The van der Waals surface area contributed by atoms with Crippen molar-refractivity contribution in [3.8, 4) is 0 Å². The van der Waals surface area contributed by atoms with E-state index in [4.69, 9.17) is 23.2 Å². The lowest BCUT2D eigenvalue weighted by Crippen LogP contribution is -2.21. The predicted octanol–water partition coefficient (Wildman–Crippen LogP) is 4.56. The van der Waals surface area contributed by atoms with Gasteiger partial charge in [0, 0.05) is 32.9 Å². The van der Waals surface area contributed by atoms with Gasteiger partial charge in [-0.15, -0.1) is 11.8 Å². The zero-order chi connectivity index (χ0) is 14.4. The molecule has 0 radical (unpaired) electrons. The lowest BCUT2D eigenvalue weighted by Gasteiger charge is -2.12. The van der Waals surface area contributed by atoms with Crippen LogP contribution in [-0.2, 0) is 0 Å². The molecule has 0 fully saturated rings. The number of aliphatic hydroxyl groups excluding tert-OH is 1. The molecule has 0 aliphatic rings. The van der Waals surface area contributed by atoms with E-state index in [1.807, 2.05) is 48.5 Å². The number of halogens is 2. The normalized spacial score (nSPS) is 12.2. The Kier molecular flexibility index (Phi) is 6.05. The van der Waals surface area contributed by atoms with Crippen LogP contribution in [0, 0.1) is 0 Å². The average Bonchev–Trinajstić information content (AvgIpc) is 2.46. The molecule has 1 atom stereocenters. The minimum atomic E-state index is -0.425. The summed E-state index contributed by atoms with van der Waals surface area (Å²) in [6, 6.07) is 15.0. The Morgan fingerprint density at radius 2 is 1.50 bits per heavy atom. The molecule has 0 bridgehead atoms. The molecule has 5 heteroatoms. The molecule has 0 aliphatic carbocycles. The highest BCUT2D eigenvalue weighted by atomic mass is 35.5. The minimum Gasteiger partial charge on any atom is -0.390 e.